The standard InChI is InChI=1S/C13H17ClFNO3S/c1-4-6-16(5-2)13(17)10-7-9(3)12(15)11(8-10)20(14,18)19/h7-8H,4-6H2,1-3H3. The van der Waals surface area contributed by atoms with Crippen LogP contribution in [0.3, 0.4) is 0 Å². The van der Waals surface area contributed by atoms with E-state index in [0.717, 1.165) is 12.5 Å². The molecule has 0 heterocycles. The van der Waals surface area contributed by atoms with Gasteiger partial charge in [-0.25, -0.2) is 12.8 Å². The van der Waals surface area contributed by atoms with Crippen molar-refractivity contribution in [3.8, 4) is 0 Å². The van der Waals surface area contributed by atoms with Crippen molar-refractivity contribution in [2.75, 3.05) is 13.1 Å². The van der Waals surface area contributed by atoms with E-state index in [1.807, 2.05) is 13.8 Å². The van der Waals surface area contributed by atoms with Crippen molar-refractivity contribution in [3.63, 3.8) is 0 Å². The molecule has 0 N–H and O–H groups in total. The zero-order valence-corrected chi connectivity index (χ0v) is 13.2. The van der Waals surface area contributed by atoms with Crippen molar-refractivity contribution in [1.29, 1.82) is 0 Å². The molecule has 4 nitrogen and oxygen atoms in total. The first-order valence-corrected chi connectivity index (χ1v) is 8.57. The Balaban J connectivity index is 3.34. The second-order valence-corrected chi connectivity index (χ2v) is 6.96. The fourth-order valence-corrected chi connectivity index (χ4v) is 2.87. The Morgan fingerprint density at radius 1 is 1.35 bits per heavy atom. The Morgan fingerprint density at radius 2 is 1.95 bits per heavy atom. The largest absolute Gasteiger partial charge is 0.339 e. The molecule has 0 aliphatic carbocycles. The molecule has 1 aromatic rings. The van der Waals surface area contributed by atoms with Gasteiger partial charge in [0.1, 0.15) is 10.7 Å². The Morgan fingerprint density at radius 3 is 2.40 bits per heavy atom. The molecule has 1 amide bonds. The molecule has 0 aliphatic heterocycles. The maximum atomic E-state index is 13.8. The number of halogens is 2. The summed E-state index contributed by atoms with van der Waals surface area (Å²) in [5.74, 6) is -1.26. The highest BCUT2D eigenvalue weighted by Crippen LogP contribution is 2.24. The average molecular weight is 322 g/mol. The summed E-state index contributed by atoms with van der Waals surface area (Å²) in [5.41, 5.74) is 0.195. The monoisotopic (exact) mass is 321 g/mol. The van der Waals surface area contributed by atoms with Gasteiger partial charge in [0.2, 0.25) is 0 Å². The molecule has 0 aliphatic rings. The van der Waals surface area contributed by atoms with Gasteiger partial charge in [-0.05, 0) is 38.0 Å². The molecule has 112 valence electrons. The van der Waals surface area contributed by atoms with Gasteiger partial charge in [0.05, 0.1) is 0 Å². The molecule has 0 saturated heterocycles. The van der Waals surface area contributed by atoms with Crippen molar-refractivity contribution in [3.05, 3.63) is 29.1 Å². The number of carbonyl (C=O) groups is 1. The first kappa shape index (κ1) is 16.9. The van der Waals surface area contributed by atoms with E-state index in [-0.39, 0.29) is 17.0 Å². The van der Waals surface area contributed by atoms with E-state index in [1.54, 1.807) is 4.90 Å². The zero-order valence-electron chi connectivity index (χ0n) is 11.6. The third-order valence-electron chi connectivity index (χ3n) is 2.89. The summed E-state index contributed by atoms with van der Waals surface area (Å²) in [7, 11) is 0.964. The van der Waals surface area contributed by atoms with Crippen LogP contribution in [0.5, 0.6) is 0 Å². The number of hydrogen-bond acceptors (Lipinski definition) is 3. The second kappa shape index (κ2) is 6.54. The minimum absolute atomic E-state index is 0.0719. The molecular formula is C13H17ClFNO3S. The molecule has 0 atom stereocenters. The van der Waals surface area contributed by atoms with Gasteiger partial charge >= 0.3 is 0 Å². The molecule has 0 saturated carbocycles. The Labute approximate surface area is 123 Å². The van der Waals surface area contributed by atoms with Crippen molar-refractivity contribution in [1.82, 2.24) is 4.90 Å². The second-order valence-electron chi connectivity index (χ2n) is 4.43. The van der Waals surface area contributed by atoms with Gasteiger partial charge in [-0.1, -0.05) is 6.92 Å². The predicted molar refractivity (Wildman–Crippen MR) is 76.0 cm³/mol. The number of hydrogen-bond donors (Lipinski definition) is 0. The van der Waals surface area contributed by atoms with Gasteiger partial charge < -0.3 is 4.90 Å². The Kier molecular flexibility index (Phi) is 5.53. The van der Waals surface area contributed by atoms with Gasteiger partial charge in [0, 0.05) is 29.3 Å². The van der Waals surface area contributed by atoms with Crippen LogP contribution in [0.25, 0.3) is 0 Å². The van der Waals surface area contributed by atoms with Crippen molar-refractivity contribution in [2.45, 2.75) is 32.1 Å². The van der Waals surface area contributed by atoms with Crippen molar-refractivity contribution in [2.24, 2.45) is 0 Å². The third kappa shape index (κ3) is 3.70. The molecule has 0 radical (unpaired) electrons. The maximum absolute atomic E-state index is 13.8. The summed E-state index contributed by atoms with van der Waals surface area (Å²) in [4.78, 5) is 13.2. The average Bonchev–Trinajstić information content (AvgIpc) is 2.36. The lowest BCUT2D eigenvalue weighted by Gasteiger charge is -2.20. The summed E-state index contributed by atoms with van der Waals surface area (Å²) < 4.78 is 36.5. The molecule has 0 bridgehead atoms. The number of aryl methyl sites for hydroxylation is 1. The summed E-state index contributed by atoms with van der Waals surface area (Å²) in [6, 6.07) is 2.33. The number of carbonyl (C=O) groups excluding carboxylic acids is 1. The number of benzene rings is 1. The lowest BCUT2D eigenvalue weighted by atomic mass is 10.1. The normalized spacial score (nSPS) is 11.4. The molecule has 0 aromatic heterocycles. The Bertz CT molecular complexity index is 616. The van der Waals surface area contributed by atoms with Crippen LogP contribution in [0.4, 0.5) is 4.39 Å². The highest BCUT2D eigenvalue weighted by Gasteiger charge is 2.22. The van der Waals surface area contributed by atoms with E-state index in [9.17, 15) is 17.6 Å². The third-order valence-corrected chi connectivity index (χ3v) is 4.21. The lowest BCUT2D eigenvalue weighted by Crippen LogP contribution is -2.31. The molecule has 1 aromatic carbocycles. The SMILES string of the molecule is CCCN(CC)C(=O)c1cc(C)c(F)c(S(=O)(=O)Cl)c1. The molecule has 20 heavy (non-hydrogen) atoms. The zero-order chi connectivity index (χ0) is 15.5. The predicted octanol–water partition coefficient (Wildman–Crippen LogP) is 2.93. The number of amides is 1. The highest BCUT2D eigenvalue weighted by atomic mass is 35.7. The van der Waals surface area contributed by atoms with Gasteiger partial charge in [-0.3, -0.25) is 4.79 Å². The van der Waals surface area contributed by atoms with Gasteiger partial charge in [0.25, 0.3) is 15.0 Å². The van der Waals surface area contributed by atoms with Crippen LogP contribution >= 0.6 is 10.7 Å². The summed E-state index contributed by atoms with van der Waals surface area (Å²) in [6.07, 6.45) is 0.778. The van der Waals surface area contributed by atoms with Crippen molar-refractivity contribution >= 4 is 25.6 Å². The first-order chi connectivity index (χ1) is 9.22. The van der Waals surface area contributed by atoms with E-state index in [0.29, 0.717) is 13.1 Å². The van der Waals surface area contributed by atoms with Crippen molar-refractivity contribution < 1.29 is 17.6 Å². The quantitative estimate of drug-likeness (QED) is 0.783. The summed E-state index contributed by atoms with van der Waals surface area (Å²) >= 11 is 0. The molecule has 1 rings (SSSR count). The summed E-state index contributed by atoms with van der Waals surface area (Å²) in [5, 5.41) is 0. The summed E-state index contributed by atoms with van der Waals surface area (Å²) in [6.45, 7) is 6.19. The fourth-order valence-electron chi connectivity index (χ4n) is 1.89. The molecule has 7 heteroatoms. The van der Waals surface area contributed by atoms with Crippen LogP contribution in [0.15, 0.2) is 17.0 Å². The van der Waals surface area contributed by atoms with Gasteiger partial charge in [-0.2, -0.15) is 0 Å². The lowest BCUT2D eigenvalue weighted by molar-refractivity contribution is 0.0764. The van der Waals surface area contributed by atoms with E-state index in [4.69, 9.17) is 10.7 Å². The molecule has 0 fully saturated rings. The first-order valence-electron chi connectivity index (χ1n) is 6.26. The van der Waals surface area contributed by atoms with E-state index >= 15 is 0 Å². The van der Waals surface area contributed by atoms with E-state index < -0.39 is 19.8 Å². The Hall–Kier alpha value is -1.14. The van der Waals surface area contributed by atoms with Crippen LogP contribution in [0.2, 0.25) is 0 Å². The van der Waals surface area contributed by atoms with Crippen LogP contribution in [0, 0.1) is 12.7 Å². The molecule has 0 unspecified atom stereocenters. The van der Waals surface area contributed by atoms with Crippen LogP contribution in [0.1, 0.15) is 36.2 Å². The maximum Gasteiger partial charge on any atom is 0.264 e. The van der Waals surface area contributed by atoms with Gasteiger partial charge in [0.15, 0.2) is 0 Å². The minimum Gasteiger partial charge on any atom is -0.339 e. The van der Waals surface area contributed by atoms with Gasteiger partial charge in [-0.15, -0.1) is 0 Å². The topological polar surface area (TPSA) is 54.5 Å². The smallest absolute Gasteiger partial charge is 0.264 e. The molecular weight excluding hydrogens is 305 g/mol. The highest BCUT2D eigenvalue weighted by molar-refractivity contribution is 8.13. The number of nitrogens with zero attached hydrogens (tertiary/aromatic N) is 1. The minimum atomic E-state index is -4.23. The fraction of sp³-hybridized carbons (Fsp3) is 0.462. The van der Waals surface area contributed by atoms with Crippen LogP contribution in [-0.4, -0.2) is 32.3 Å². The number of rotatable bonds is 5. The van der Waals surface area contributed by atoms with E-state index in [2.05, 4.69) is 0 Å². The van der Waals surface area contributed by atoms with Crippen LogP contribution < -0.4 is 0 Å². The van der Waals surface area contributed by atoms with Crippen LogP contribution in [-0.2, 0) is 9.05 Å². The van der Waals surface area contributed by atoms with E-state index in [1.165, 1.54) is 13.0 Å². The molecule has 0 spiro atoms.